The van der Waals surface area contributed by atoms with Gasteiger partial charge < -0.3 is 25.2 Å². The van der Waals surface area contributed by atoms with Gasteiger partial charge >= 0.3 is 12.1 Å². The van der Waals surface area contributed by atoms with Gasteiger partial charge in [-0.1, -0.05) is 55.0 Å². The fourth-order valence-corrected chi connectivity index (χ4v) is 5.97. The molecule has 184 valence electrons. The number of rotatable bonds is 6. The predicted octanol–water partition coefficient (Wildman–Crippen LogP) is 2.99. The highest BCUT2D eigenvalue weighted by Crippen LogP contribution is 2.44. The molecule has 0 bridgehead atoms. The molecule has 2 aromatic carbocycles. The summed E-state index contributed by atoms with van der Waals surface area (Å²) in [5, 5.41) is 22.1. The number of aliphatic carboxylic acids is 1. The first-order valence-electron chi connectivity index (χ1n) is 12.2. The van der Waals surface area contributed by atoms with Crippen LogP contribution in [0.3, 0.4) is 0 Å². The third kappa shape index (κ3) is 4.50. The molecule has 2 amide bonds. The van der Waals surface area contributed by atoms with Gasteiger partial charge in [-0.25, -0.2) is 9.59 Å². The van der Waals surface area contributed by atoms with E-state index in [4.69, 9.17) is 4.74 Å². The van der Waals surface area contributed by atoms with Crippen molar-refractivity contribution in [1.29, 1.82) is 0 Å². The molecular weight excluding hydrogens is 448 g/mol. The predicted molar refractivity (Wildman–Crippen MR) is 128 cm³/mol. The Bertz CT molecular complexity index is 1090. The molecule has 5 rings (SSSR count). The third-order valence-corrected chi connectivity index (χ3v) is 7.68. The summed E-state index contributed by atoms with van der Waals surface area (Å²) in [5.74, 6) is -1.82. The van der Waals surface area contributed by atoms with Crippen molar-refractivity contribution in [2.45, 2.75) is 43.7 Å². The van der Waals surface area contributed by atoms with Crippen molar-refractivity contribution in [3.05, 3.63) is 59.7 Å². The van der Waals surface area contributed by atoms with Crippen LogP contribution in [0.5, 0.6) is 0 Å². The number of fused-ring (bicyclic) bond motifs is 3. The van der Waals surface area contributed by atoms with Gasteiger partial charge in [-0.3, -0.25) is 4.79 Å². The van der Waals surface area contributed by atoms with E-state index in [1.165, 1.54) is 4.90 Å². The van der Waals surface area contributed by atoms with Crippen LogP contribution >= 0.6 is 0 Å². The molecule has 2 aromatic rings. The number of aliphatic hydroxyl groups excluding tert-OH is 1. The number of nitrogens with zero attached hydrogens (tertiary/aromatic N) is 1. The van der Waals surface area contributed by atoms with Crippen molar-refractivity contribution in [1.82, 2.24) is 10.2 Å². The van der Waals surface area contributed by atoms with E-state index in [9.17, 15) is 24.6 Å². The van der Waals surface area contributed by atoms with Crippen LogP contribution in [0, 0.1) is 11.8 Å². The normalized spacial score (nSPS) is 25.2. The molecule has 35 heavy (non-hydrogen) atoms. The number of ether oxygens (including phenoxy) is 1. The maximum Gasteiger partial charge on any atom is 0.407 e. The summed E-state index contributed by atoms with van der Waals surface area (Å²) in [6.07, 6.45) is 0.963. The lowest BCUT2D eigenvalue weighted by atomic mass is 9.94. The average Bonchev–Trinajstić information content (AvgIpc) is 3.57. The molecule has 1 saturated heterocycles. The molecule has 8 nitrogen and oxygen atoms in total. The summed E-state index contributed by atoms with van der Waals surface area (Å²) < 4.78 is 5.60. The van der Waals surface area contributed by atoms with Crippen LogP contribution in [0.1, 0.15) is 42.7 Å². The number of hydrogen-bond acceptors (Lipinski definition) is 5. The Morgan fingerprint density at radius 2 is 1.66 bits per heavy atom. The number of carbonyl (C=O) groups is 3. The molecule has 1 saturated carbocycles. The van der Waals surface area contributed by atoms with Crippen molar-refractivity contribution in [2.24, 2.45) is 11.8 Å². The molecule has 1 heterocycles. The molecule has 2 aliphatic carbocycles. The van der Waals surface area contributed by atoms with Gasteiger partial charge in [-0.2, -0.15) is 0 Å². The molecule has 0 spiro atoms. The van der Waals surface area contributed by atoms with Crippen LogP contribution in [0.2, 0.25) is 0 Å². The quantitative estimate of drug-likeness (QED) is 0.588. The van der Waals surface area contributed by atoms with Crippen LogP contribution in [-0.2, 0) is 14.3 Å². The lowest BCUT2D eigenvalue weighted by Crippen LogP contribution is -2.45. The average molecular weight is 479 g/mol. The minimum atomic E-state index is -1.10. The van der Waals surface area contributed by atoms with E-state index in [1.807, 2.05) is 24.3 Å². The highest BCUT2D eigenvalue weighted by Gasteiger charge is 2.44. The number of carboxylic acids is 1. The first kappa shape index (κ1) is 23.4. The van der Waals surface area contributed by atoms with Crippen molar-refractivity contribution >= 4 is 18.0 Å². The Balaban J connectivity index is 1.17. The molecule has 8 heteroatoms. The maximum absolute atomic E-state index is 13.1. The summed E-state index contributed by atoms with van der Waals surface area (Å²) in [7, 11) is 0. The highest BCUT2D eigenvalue weighted by molar-refractivity contribution is 5.86. The first-order valence-corrected chi connectivity index (χ1v) is 12.2. The Kier molecular flexibility index (Phi) is 6.47. The number of β-amino-alcohol motifs (C(OH)–C–C–N with tert-alkyl or cyclic N) is 1. The topological polar surface area (TPSA) is 116 Å². The van der Waals surface area contributed by atoms with E-state index in [1.54, 1.807) is 0 Å². The van der Waals surface area contributed by atoms with Crippen LogP contribution in [0.25, 0.3) is 11.1 Å². The van der Waals surface area contributed by atoms with Crippen LogP contribution < -0.4 is 5.32 Å². The van der Waals surface area contributed by atoms with Crippen molar-refractivity contribution in [3.63, 3.8) is 0 Å². The number of hydrogen-bond donors (Lipinski definition) is 3. The highest BCUT2D eigenvalue weighted by atomic mass is 16.5. The van der Waals surface area contributed by atoms with Crippen molar-refractivity contribution < 1.29 is 29.3 Å². The van der Waals surface area contributed by atoms with Gasteiger partial charge in [0.25, 0.3) is 0 Å². The third-order valence-electron chi connectivity index (χ3n) is 7.68. The number of amides is 2. The van der Waals surface area contributed by atoms with Crippen LogP contribution in [-0.4, -0.2) is 64.9 Å². The van der Waals surface area contributed by atoms with E-state index in [-0.39, 0.29) is 43.2 Å². The fraction of sp³-hybridized carbons (Fsp3) is 0.444. The number of nitrogens with one attached hydrogen (secondary N) is 1. The molecular formula is C27H30N2O6. The Hall–Kier alpha value is -3.39. The zero-order chi connectivity index (χ0) is 24.5. The van der Waals surface area contributed by atoms with Gasteiger partial charge in [0.1, 0.15) is 12.6 Å². The van der Waals surface area contributed by atoms with Gasteiger partial charge in [0.2, 0.25) is 5.91 Å². The van der Waals surface area contributed by atoms with E-state index >= 15 is 0 Å². The molecule has 0 aromatic heterocycles. The van der Waals surface area contributed by atoms with E-state index in [2.05, 4.69) is 29.6 Å². The van der Waals surface area contributed by atoms with Crippen LogP contribution in [0.15, 0.2) is 48.5 Å². The zero-order valence-electron chi connectivity index (χ0n) is 19.4. The summed E-state index contributed by atoms with van der Waals surface area (Å²) >= 11 is 0. The minimum absolute atomic E-state index is 0.0245. The number of carbonyl (C=O) groups excluding carboxylic acids is 2. The van der Waals surface area contributed by atoms with Gasteiger partial charge in [-0.15, -0.1) is 0 Å². The molecule has 2 fully saturated rings. The van der Waals surface area contributed by atoms with E-state index < -0.39 is 24.2 Å². The lowest BCUT2D eigenvalue weighted by molar-refractivity contribution is -0.150. The summed E-state index contributed by atoms with van der Waals surface area (Å²) in [6, 6.07) is 15.3. The van der Waals surface area contributed by atoms with E-state index in [0.717, 1.165) is 35.1 Å². The standard InChI is InChI=1S/C27H30N2O6/c30-17-12-24(26(32)33)29(14-17)25(31)18-11-5-6-16(18)13-28-27(34)35-15-23-21-9-3-1-7-19(21)20-8-2-4-10-22(20)23/h1-4,7-10,16-18,23-24,30H,5-6,11-15H2,(H,28,34)(H,32,33)/t16?,17-,18?,24-/m0/s1. The Morgan fingerprint density at radius 3 is 2.31 bits per heavy atom. The second kappa shape index (κ2) is 9.70. The number of carboxylic acid groups (broad SMARTS) is 1. The summed E-state index contributed by atoms with van der Waals surface area (Å²) in [6.45, 7) is 0.554. The summed E-state index contributed by atoms with van der Waals surface area (Å²) in [4.78, 5) is 38.5. The van der Waals surface area contributed by atoms with Gasteiger partial charge in [0, 0.05) is 31.3 Å². The van der Waals surface area contributed by atoms with Crippen molar-refractivity contribution in [2.75, 3.05) is 19.7 Å². The van der Waals surface area contributed by atoms with Gasteiger partial charge in [0.05, 0.1) is 6.10 Å². The summed E-state index contributed by atoms with van der Waals surface area (Å²) in [5.41, 5.74) is 4.61. The van der Waals surface area contributed by atoms with Gasteiger partial charge in [0.15, 0.2) is 0 Å². The van der Waals surface area contributed by atoms with Crippen molar-refractivity contribution in [3.8, 4) is 11.1 Å². The SMILES string of the molecule is O=C(NCC1CCCC1C(=O)N1C[C@@H](O)C[C@H]1C(=O)O)OCC1c2ccccc2-c2ccccc21. The lowest BCUT2D eigenvalue weighted by Gasteiger charge is -2.27. The Labute approximate surface area is 203 Å². The number of aliphatic hydroxyl groups is 1. The fourth-order valence-electron chi connectivity index (χ4n) is 5.97. The maximum atomic E-state index is 13.1. The monoisotopic (exact) mass is 478 g/mol. The molecule has 2 unspecified atom stereocenters. The minimum Gasteiger partial charge on any atom is -0.480 e. The molecule has 4 atom stereocenters. The Morgan fingerprint density at radius 1 is 1.00 bits per heavy atom. The molecule has 3 aliphatic rings. The van der Waals surface area contributed by atoms with E-state index in [0.29, 0.717) is 13.0 Å². The number of benzene rings is 2. The number of likely N-dealkylation sites (tertiary alicyclic amines) is 1. The molecule has 3 N–H and O–H groups in total. The first-order chi connectivity index (χ1) is 16.9. The molecule has 0 radical (unpaired) electrons. The zero-order valence-corrected chi connectivity index (χ0v) is 19.4. The smallest absolute Gasteiger partial charge is 0.407 e. The van der Waals surface area contributed by atoms with Crippen LogP contribution in [0.4, 0.5) is 4.79 Å². The molecule has 1 aliphatic heterocycles. The number of alkyl carbamates (subject to hydrolysis) is 1. The van der Waals surface area contributed by atoms with Gasteiger partial charge in [-0.05, 0) is 41.0 Å². The largest absolute Gasteiger partial charge is 0.480 e. The second-order valence-corrected chi connectivity index (χ2v) is 9.74. The second-order valence-electron chi connectivity index (χ2n) is 9.74.